The van der Waals surface area contributed by atoms with Crippen LogP contribution in [0, 0.1) is 17.2 Å². The van der Waals surface area contributed by atoms with E-state index in [-0.39, 0.29) is 5.41 Å². The summed E-state index contributed by atoms with van der Waals surface area (Å²) in [5.74, 6) is -1.15. The molecule has 1 saturated carbocycles. The van der Waals surface area contributed by atoms with Crippen molar-refractivity contribution in [2.24, 2.45) is 11.3 Å². The molecule has 0 N–H and O–H groups in total. The summed E-state index contributed by atoms with van der Waals surface area (Å²) in [6.45, 7) is 1.63. The molecule has 0 unspecified atom stereocenters. The standard InChI is InChI=1S/C19H18F4N2O/c20-16-7-15(3-4-17(16)26-19(21,22)23)25-11-18(12-25)8-14(9-18)6-13-2-1-5-24-10-13/h1-5,7,10,14H,6,8-9,11-12H2. The van der Waals surface area contributed by atoms with E-state index in [1.165, 1.54) is 11.6 Å². The third-order valence-electron chi connectivity index (χ3n) is 5.25. The van der Waals surface area contributed by atoms with Gasteiger partial charge in [0.15, 0.2) is 11.6 Å². The molecule has 2 heterocycles. The van der Waals surface area contributed by atoms with E-state index in [9.17, 15) is 17.6 Å². The van der Waals surface area contributed by atoms with Crippen molar-refractivity contribution in [3.05, 3.63) is 54.1 Å². The lowest BCUT2D eigenvalue weighted by Crippen LogP contribution is -2.62. The van der Waals surface area contributed by atoms with Gasteiger partial charge in [0.05, 0.1) is 0 Å². The molecular formula is C19H18F4N2O. The van der Waals surface area contributed by atoms with Gasteiger partial charge in [-0.3, -0.25) is 4.98 Å². The van der Waals surface area contributed by atoms with E-state index in [2.05, 4.69) is 15.8 Å². The van der Waals surface area contributed by atoms with Gasteiger partial charge in [-0.05, 0) is 48.9 Å². The van der Waals surface area contributed by atoms with E-state index >= 15 is 0 Å². The monoisotopic (exact) mass is 366 g/mol. The van der Waals surface area contributed by atoms with Crippen LogP contribution in [-0.4, -0.2) is 24.4 Å². The number of benzene rings is 1. The van der Waals surface area contributed by atoms with Gasteiger partial charge in [-0.25, -0.2) is 4.39 Å². The summed E-state index contributed by atoms with van der Waals surface area (Å²) < 4.78 is 54.1. The number of halogens is 4. The number of hydrogen-bond donors (Lipinski definition) is 0. The Hall–Kier alpha value is -2.31. The summed E-state index contributed by atoms with van der Waals surface area (Å²) >= 11 is 0. The first kappa shape index (κ1) is 17.1. The fourth-order valence-corrected chi connectivity index (χ4v) is 4.26. The molecule has 1 aromatic heterocycles. The van der Waals surface area contributed by atoms with Crippen LogP contribution in [0.25, 0.3) is 0 Å². The second-order valence-corrected chi connectivity index (χ2v) is 7.36. The molecule has 2 aromatic rings. The number of ether oxygens (including phenoxy) is 1. The van der Waals surface area contributed by atoms with E-state index in [1.807, 2.05) is 17.2 Å². The van der Waals surface area contributed by atoms with Gasteiger partial charge >= 0.3 is 6.36 Å². The average molecular weight is 366 g/mol. The Balaban J connectivity index is 1.31. The third-order valence-corrected chi connectivity index (χ3v) is 5.25. The quantitative estimate of drug-likeness (QED) is 0.741. The van der Waals surface area contributed by atoms with Crippen molar-refractivity contribution in [3.63, 3.8) is 0 Å². The molecule has 1 saturated heterocycles. The summed E-state index contributed by atoms with van der Waals surface area (Å²) in [4.78, 5) is 6.13. The average Bonchev–Trinajstić information content (AvgIpc) is 2.50. The molecule has 0 radical (unpaired) electrons. The van der Waals surface area contributed by atoms with E-state index in [0.717, 1.165) is 44.5 Å². The molecule has 1 aliphatic carbocycles. The van der Waals surface area contributed by atoms with Gasteiger partial charge in [-0.2, -0.15) is 0 Å². The Morgan fingerprint density at radius 1 is 1.19 bits per heavy atom. The summed E-state index contributed by atoms with van der Waals surface area (Å²) in [5.41, 5.74) is 2.11. The zero-order chi connectivity index (χ0) is 18.4. The second kappa shape index (κ2) is 6.14. The molecule has 7 heteroatoms. The molecule has 138 valence electrons. The number of rotatable bonds is 4. The highest BCUT2D eigenvalue weighted by atomic mass is 19.4. The van der Waals surface area contributed by atoms with Crippen LogP contribution in [0.1, 0.15) is 18.4 Å². The first-order valence-electron chi connectivity index (χ1n) is 8.51. The molecular weight excluding hydrogens is 348 g/mol. The van der Waals surface area contributed by atoms with Crippen LogP contribution in [0.2, 0.25) is 0 Å². The lowest BCUT2D eigenvalue weighted by Gasteiger charge is -2.60. The van der Waals surface area contributed by atoms with Crippen LogP contribution in [0.4, 0.5) is 23.2 Å². The van der Waals surface area contributed by atoms with Crippen LogP contribution in [-0.2, 0) is 6.42 Å². The van der Waals surface area contributed by atoms with Crippen LogP contribution >= 0.6 is 0 Å². The van der Waals surface area contributed by atoms with E-state index in [0.29, 0.717) is 11.6 Å². The van der Waals surface area contributed by atoms with Gasteiger partial charge in [0.1, 0.15) is 0 Å². The molecule has 1 aliphatic heterocycles. The Morgan fingerprint density at radius 3 is 2.58 bits per heavy atom. The third kappa shape index (κ3) is 3.48. The number of aromatic nitrogens is 1. The molecule has 1 spiro atoms. The Morgan fingerprint density at radius 2 is 1.96 bits per heavy atom. The predicted molar refractivity (Wildman–Crippen MR) is 88.4 cm³/mol. The van der Waals surface area contributed by atoms with Crippen LogP contribution in [0.3, 0.4) is 0 Å². The van der Waals surface area contributed by atoms with Crippen molar-refractivity contribution < 1.29 is 22.3 Å². The Labute approximate surface area is 148 Å². The molecule has 3 nitrogen and oxygen atoms in total. The number of hydrogen-bond acceptors (Lipinski definition) is 3. The van der Waals surface area contributed by atoms with Gasteiger partial charge in [0.2, 0.25) is 0 Å². The van der Waals surface area contributed by atoms with Gasteiger partial charge in [-0.1, -0.05) is 6.07 Å². The first-order valence-corrected chi connectivity index (χ1v) is 8.51. The molecule has 2 fully saturated rings. The summed E-state index contributed by atoms with van der Waals surface area (Å²) in [6, 6.07) is 7.64. The van der Waals surface area contributed by atoms with Gasteiger partial charge < -0.3 is 9.64 Å². The molecule has 2 aliphatic rings. The van der Waals surface area contributed by atoms with Crippen molar-refractivity contribution in [2.45, 2.75) is 25.6 Å². The largest absolute Gasteiger partial charge is 0.573 e. The minimum absolute atomic E-state index is 0.268. The highest BCUT2D eigenvalue weighted by Crippen LogP contribution is 2.53. The highest BCUT2D eigenvalue weighted by Gasteiger charge is 2.52. The summed E-state index contributed by atoms with van der Waals surface area (Å²) in [7, 11) is 0. The maximum atomic E-state index is 13.8. The van der Waals surface area contributed by atoms with Crippen LogP contribution in [0.5, 0.6) is 5.75 Å². The van der Waals surface area contributed by atoms with E-state index in [1.54, 1.807) is 6.20 Å². The lowest BCUT2D eigenvalue weighted by molar-refractivity contribution is -0.275. The minimum atomic E-state index is -4.89. The number of anilines is 1. The number of pyridine rings is 1. The smallest absolute Gasteiger partial charge is 0.403 e. The van der Waals surface area contributed by atoms with E-state index in [4.69, 9.17) is 0 Å². The molecule has 0 atom stereocenters. The molecule has 26 heavy (non-hydrogen) atoms. The lowest BCUT2D eigenvalue weighted by atomic mass is 9.56. The summed E-state index contributed by atoms with van der Waals surface area (Å²) in [5, 5.41) is 0. The molecule has 0 amide bonds. The molecule has 1 aromatic carbocycles. The molecule has 4 rings (SSSR count). The second-order valence-electron chi connectivity index (χ2n) is 7.36. The molecule has 0 bridgehead atoms. The Kier molecular flexibility index (Phi) is 4.04. The number of nitrogens with zero attached hydrogens (tertiary/aromatic N) is 2. The maximum Gasteiger partial charge on any atom is 0.573 e. The number of alkyl halides is 3. The van der Waals surface area contributed by atoms with Crippen molar-refractivity contribution in [2.75, 3.05) is 18.0 Å². The zero-order valence-electron chi connectivity index (χ0n) is 14.0. The zero-order valence-corrected chi connectivity index (χ0v) is 14.0. The van der Waals surface area contributed by atoms with E-state index < -0.39 is 17.9 Å². The summed E-state index contributed by atoms with van der Waals surface area (Å²) in [6.07, 6.45) is 2.03. The minimum Gasteiger partial charge on any atom is -0.403 e. The van der Waals surface area contributed by atoms with Crippen molar-refractivity contribution in [1.29, 1.82) is 0 Å². The van der Waals surface area contributed by atoms with Crippen molar-refractivity contribution in [1.82, 2.24) is 4.98 Å². The van der Waals surface area contributed by atoms with Crippen molar-refractivity contribution in [3.8, 4) is 5.75 Å². The highest BCUT2D eigenvalue weighted by molar-refractivity contribution is 5.53. The predicted octanol–water partition coefficient (Wildman–Crippen LogP) is 4.58. The normalized spacial score (nSPS) is 19.2. The van der Waals surface area contributed by atoms with Crippen LogP contribution in [0.15, 0.2) is 42.7 Å². The topological polar surface area (TPSA) is 25.4 Å². The fraction of sp³-hybridized carbons (Fsp3) is 0.421. The Bertz CT molecular complexity index is 780. The van der Waals surface area contributed by atoms with Gasteiger partial charge in [0.25, 0.3) is 0 Å². The first-order chi connectivity index (χ1) is 12.3. The van der Waals surface area contributed by atoms with Crippen molar-refractivity contribution >= 4 is 5.69 Å². The fourth-order valence-electron chi connectivity index (χ4n) is 4.26. The van der Waals surface area contributed by atoms with Crippen LogP contribution < -0.4 is 9.64 Å². The van der Waals surface area contributed by atoms with Gasteiger partial charge in [0, 0.05) is 42.7 Å². The van der Waals surface area contributed by atoms with Gasteiger partial charge in [-0.15, -0.1) is 13.2 Å². The SMILES string of the molecule is Fc1cc(N2CC3(CC(Cc4cccnc4)C3)C2)ccc1OC(F)(F)F. The maximum absolute atomic E-state index is 13.8.